The van der Waals surface area contributed by atoms with Crippen LogP contribution in [-0.2, 0) is 14.3 Å². The van der Waals surface area contributed by atoms with Crippen LogP contribution in [0.2, 0.25) is 0 Å². The number of hydrogen-bond donors (Lipinski definition) is 3. The van der Waals surface area contributed by atoms with Crippen molar-refractivity contribution < 1.29 is 29.0 Å². The molecular formula is C33H49N3O6. The van der Waals surface area contributed by atoms with Crippen LogP contribution in [0.4, 0.5) is 10.5 Å². The summed E-state index contributed by atoms with van der Waals surface area (Å²) in [6.45, 7) is 10.8. The normalized spacial score (nSPS) is 12.7. The largest absolute Gasteiger partial charge is 0.497 e. The van der Waals surface area contributed by atoms with Crippen molar-refractivity contribution in [1.29, 1.82) is 0 Å². The number of rotatable bonds is 15. The molecule has 232 valence electrons. The number of alkyl carbamates (subject to hydrolysis) is 1. The second-order valence-corrected chi connectivity index (χ2v) is 11.7. The number of amides is 3. The van der Waals surface area contributed by atoms with E-state index in [1.807, 2.05) is 32.0 Å². The molecule has 0 heterocycles. The Hall–Kier alpha value is -3.59. The molecule has 2 aromatic carbocycles. The summed E-state index contributed by atoms with van der Waals surface area (Å²) in [6, 6.07) is 10.4. The maximum atomic E-state index is 14.1. The zero-order valence-electron chi connectivity index (χ0n) is 26.3. The lowest BCUT2D eigenvalue weighted by Gasteiger charge is -2.34. The van der Waals surface area contributed by atoms with E-state index in [1.54, 1.807) is 52.1 Å². The Balaban J connectivity index is 2.48. The summed E-state index contributed by atoms with van der Waals surface area (Å²) in [6.07, 6.45) is 5.11. The maximum Gasteiger partial charge on any atom is 0.408 e. The van der Waals surface area contributed by atoms with Crippen LogP contribution >= 0.6 is 0 Å². The Bertz CT molecular complexity index is 1140. The van der Waals surface area contributed by atoms with E-state index in [1.165, 1.54) is 4.90 Å². The molecule has 0 aliphatic rings. The zero-order valence-corrected chi connectivity index (χ0v) is 26.3. The molecule has 2 unspecified atom stereocenters. The first-order valence-corrected chi connectivity index (χ1v) is 14.8. The minimum atomic E-state index is -1.29. The molecule has 0 bridgehead atoms. The lowest BCUT2D eigenvalue weighted by Crippen LogP contribution is -2.54. The second-order valence-electron chi connectivity index (χ2n) is 11.7. The third-order valence-electron chi connectivity index (χ3n) is 6.68. The van der Waals surface area contributed by atoms with E-state index < -0.39 is 42.2 Å². The van der Waals surface area contributed by atoms with Crippen molar-refractivity contribution in [3.05, 3.63) is 59.2 Å². The minimum Gasteiger partial charge on any atom is -0.497 e. The van der Waals surface area contributed by atoms with Gasteiger partial charge in [0.15, 0.2) is 0 Å². The molecule has 0 aliphatic heterocycles. The first-order chi connectivity index (χ1) is 19.9. The Morgan fingerprint density at radius 2 is 1.52 bits per heavy atom. The van der Waals surface area contributed by atoms with Crippen molar-refractivity contribution in [2.24, 2.45) is 0 Å². The molecule has 9 nitrogen and oxygen atoms in total. The molecule has 2 atom stereocenters. The first kappa shape index (κ1) is 34.6. The Kier molecular flexibility index (Phi) is 13.8. The van der Waals surface area contributed by atoms with E-state index in [0.717, 1.165) is 43.2 Å². The van der Waals surface area contributed by atoms with Gasteiger partial charge >= 0.3 is 6.09 Å². The van der Waals surface area contributed by atoms with Crippen molar-refractivity contribution in [3.63, 3.8) is 0 Å². The van der Waals surface area contributed by atoms with Crippen LogP contribution in [0.1, 0.15) is 89.0 Å². The average molecular weight is 584 g/mol. The molecule has 0 aromatic heterocycles. The van der Waals surface area contributed by atoms with Crippen LogP contribution in [0.5, 0.6) is 5.75 Å². The van der Waals surface area contributed by atoms with E-state index >= 15 is 0 Å². The van der Waals surface area contributed by atoms with Gasteiger partial charge in [-0.1, -0.05) is 68.4 Å². The predicted octanol–water partition coefficient (Wildman–Crippen LogP) is 6.07. The summed E-state index contributed by atoms with van der Waals surface area (Å²) in [4.78, 5) is 42.1. The topological polar surface area (TPSA) is 117 Å². The summed E-state index contributed by atoms with van der Waals surface area (Å²) in [7, 11) is 1.57. The van der Waals surface area contributed by atoms with Gasteiger partial charge in [0.05, 0.1) is 13.7 Å². The number of ether oxygens (including phenoxy) is 2. The van der Waals surface area contributed by atoms with Crippen LogP contribution in [0.15, 0.2) is 42.5 Å². The van der Waals surface area contributed by atoms with E-state index in [0.29, 0.717) is 23.4 Å². The number of carbonyl (C=O) groups excluding carboxylic acids is 3. The third-order valence-corrected chi connectivity index (χ3v) is 6.68. The van der Waals surface area contributed by atoms with Crippen molar-refractivity contribution in [1.82, 2.24) is 10.2 Å². The number of aliphatic hydroxyl groups is 1. The van der Waals surface area contributed by atoms with Crippen LogP contribution in [0.25, 0.3) is 0 Å². The first-order valence-electron chi connectivity index (χ1n) is 14.8. The highest BCUT2D eigenvalue weighted by Gasteiger charge is 2.36. The number of nitrogens with zero attached hydrogens (tertiary/aromatic N) is 1. The van der Waals surface area contributed by atoms with Crippen LogP contribution in [0, 0.1) is 13.8 Å². The molecular weight excluding hydrogens is 534 g/mol. The third kappa shape index (κ3) is 11.4. The smallest absolute Gasteiger partial charge is 0.408 e. The molecule has 3 amide bonds. The fourth-order valence-electron chi connectivity index (χ4n) is 4.79. The molecule has 0 saturated carbocycles. The van der Waals surface area contributed by atoms with Gasteiger partial charge in [0.25, 0.3) is 5.91 Å². The van der Waals surface area contributed by atoms with E-state index in [4.69, 9.17) is 9.47 Å². The van der Waals surface area contributed by atoms with E-state index in [9.17, 15) is 19.5 Å². The summed E-state index contributed by atoms with van der Waals surface area (Å²) >= 11 is 0. The van der Waals surface area contributed by atoms with Gasteiger partial charge in [0.2, 0.25) is 5.91 Å². The van der Waals surface area contributed by atoms with Crippen LogP contribution < -0.4 is 15.4 Å². The summed E-state index contributed by atoms with van der Waals surface area (Å²) in [5.74, 6) is -0.317. The second kappa shape index (κ2) is 16.8. The van der Waals surface area contributed by atoms with E-state index in [2.05, 4.69) is 17.6 Å². The van der Waals surface area contributed by atoms with Gasteiger partial charge in [-0.05, 0) is 70.9 Å². The fourth-order valence-corrected chi connectivity index (χ4v) is 4.79. The molecule has 0 fully saturated rings. The highest BCUT2D eigenvalue weighted by atomic mass is 16.6. The maximum absolute atomic E-state index is 14.1. The van der Waals surface area contributed by atoms with Gasteiger partial charge < -0.3 is 30.1 Å². The number of anilines is 1. The molecule has 0 radical (unpaired) electrons. The van der Waals surface area contributed by atoms with Gasteiger partial charge in [-0.3, -0.25) is 9.59 Å². The SMILES string of the molecule is CCCCCCCCN(C(=O)C(CO)NC(=O)OC(C)(C)C)C(C(=O)Nc1ccc(OC)cc1)c1cc(C)cc(C)c1. The highest BCUT2D eigenvalue weighted by molar-refractivity contribution is 5.99. The van der Waals surface area contributed by atoms with Gasteiger partial charge in [0, 0.05) is 12.2 Å². The molecule has 9 heteroatoms. The lowest BCUT2D eigenvalue weighted by molar-refractivity contribution is -0.141. The number of hydrogen-bond acceptors (Lipinski definition) is 6. The quantitative estimate of drug-likeness (QED) is 0.219. The minimum absolute atomic E-state index is 0.269. The van der Waals surface area contributed by atoms with Gasteiger partial charge in [-0.15, -0.1) is 0 Å². The molecule has 42 heavy (non-hydrogen) atoms. The Labute approximate surface area is 251 Å². The van der Waals surface area contributed by atoms with Gasteiger partial charge in [-0.2, -0.15) is 0 Å². The molecule has 0 spiro atoms. The Morgan fingerprint density at radius 1 is 0.929 bits per heavy atom. The summed E-state index contributed by atoms with van der Waals surface area (Å²) in [5.41, 5.74) is 2.31. The Morgan fingerprint density at radius 3 is 2.07 bits per heavy atom. The van der Waals surface area contributed by atoms with Crippen molar-refractivity contribution in [2.75, 3.05) is 25.6 Å². The summed E-state index contributed by atoms with van der Waals surface area (Å²) < 4.78 is 10.6. The number of methoxy groups -OCH3 is 1. The number of nitrogens with one attached hydrogen (secondary N) is 2. The predicted molar refractivity (Wildman–Crippen MR) is 166 cm³/mol. The monoisotopic (exact) mass is 583 g/mol. The standard InChI is InChI=1S/C33H49N3O6/c1-8-9-10-11-12-13-18-36(31(39)28(22-37)35-32(40)42-33(4,5)6)29(25-20-23(2)19-24(3)21-25)30(38)34-26-14-16-27(41-7)17-15-26/h14-17,19-21,28-29,37H,8-13,18,22H2,1-7H3,(H,34,38)(H,35,40). The fraction of sp³-hybridized carbons (Fsp3) is 0.545. The highest BCUT2D eigenvalue weighted by Crippen LogP contribution is 2.27. The van der Waals surface area contributed by atoms with Crippen molar-refractivity contribution >= 4 is 23.6 Å². The number of aryl methyl sites for hydroxylation is 2. The molecule has 3 N–H and O–H groups in total. The number of carbonyl (C=O) groups is 3. The molecule has 2 rings (SSSR count). The van der Waals surface area contributed by atoms with Gasteiger partial charge in [-0.25, -0.2) is 4.79 Å². The van der Waals surface area contributed by atoms with E-state index in [-0.39, 0.29) is 6.54 Å². The van der Waals surface area contributed by atoms with Gasteiger partial charge in [0.1, 0.15) is 23.4 Å². The number of aliphatic hydroxyl groups excluding tert-OH is 1. The van der Waals surface area contributed by atoms with Crippen LogP contribution in [0.3, 0.4) is 0 Å². The lowest BCUT2D eigenvalue weighted by atomic mass is 9.98. The average Bonchev–Trinajstić information content (AvgIpc) is 2.91. The zero-order chi connectivity index (χ0) is 31.3. The molecule has 2 aromatic rings. The van der Waals surface area contributed by atoms with Crippen molar-refractivity contribution in [3.8, 4) is 5.75 Å². The number of benzene rings is 2. The van der Waals surface area contributed by atoms with Crippen LogP contribution in [-0.4, -0.2) is 59.8 Å². The summed E-state index contributed by atoms with van der Waals surface area (Å²) in [5, 5.41) is 15.6. The molecule has 0 saturated heterocycles. The number of unbranched alkanes of at least 4 members (excludes halogenated alkanes) is 5. The molecule has 0 aliphatic carbocycles. The van der Waals surface area contributed by atoms with Crippen molar-refractivity contribution in [2.45, 2.75) is 97.8 Å².